The van der Waals surface area contributed by atoms with Crippen LogP contribution >= 0.6 is 8.03 Å². The Morgan fingerprint density at radius 3 is 2.57 bits per heavy atom. The SMILES string of the molecule is O=C1OCC1[PH](=O)Oc1ccccc1. The van der Waals surface area contributed by atoms with E-state index in [2.05, 4.69) is 4.74 Å². The molecule has 0 N–H and O–H groups in total. The van der Waals surface area contributed by atoms with Crippen LogP contribution in [0.25, 0.3) is 0 Å². The van der Waals surface area contributed by atoms with Crippen molar-refractivity contribution in [1.29, 1.82) is 0 Å². The summed E-state index contributed by atoms with van der Waals surface area (Å²) in [6.07, 6.45) is 0. The summed E-state index contributed by atoms with van der Waals surface area (Å²) in [4.78, 5) is 10.8. The molecule has 1 fully saturated rings. The van der Waals surface area contributed by atoms with E-state index >= 15 is 0 Å². The van der Waals surface area contributed by atoms with E-state index < -0.39 is 19.7 Å². The summed E-state index contributed by atoms with van der Waals surface area (Å²) in [7, 11) is -2.36. The first-order valence-electron chi connectivity index (χ1n) is 4.21. The lowest BCUT2D eigenvalue weighted by atomic mass is 10.3. The van der Waals surface area contributed by atoms with Crippen LogP contribution in [-0.4, -0.2) is 18.2 Å². The monoisotopic (exact) mass is 212 g/mol. The van der Waals surface area contributed by atoms with Gasteiger partial charge in [-0.3, -0.25) is 9.36 Å². The number of carbonyl (C=O) groups excluding carboxylic acids is 1. The van der Waals surface area contributed by atoms with Crippen LogP contribution in [0.3, 0.4) is 0 Å². The summed E-state index contributed by atoms with van der Waals surface area (Å²) in [6, 6.07) is 8.80. The molecule has 74 valence electrons. The number of rotatable bonds is 3. The predicted molar refractivity (Wildman–Crippen MR) is 50.8 cm³/mol. The Hall–Kier alpha value is -1.28. The van der Waals surface area contributed by atoms with E-state index in [1.54, 1.807) is 24.3 Å². The number of hydrogen-bond donors (Lipinski definition) is 0. The van der Waals surface area contributed by atoms with Gasteiger partial charge in [-0.25, -0.2) is 0 Å². The number of cyclic esters (lactones) is 1. The zero-order chi connectivity index (χ0) is 9.97. The first-order valence-corrected chi connectivity index (χ1v) is 5.60. The number of hydrogen-bond acceptors (Lipinski definition) is 4. The summed E-state index contributed by atoms with van der Waals surface area (Å²) >= 11 is 0. The van der Waals surface area contributed by atoms with Gasteiger partial charge in [-0.1, -0.05) is 18.2 Å². The molecule has 0 radical (unpaired) electrons. The minimum Gasteiger partial charge on any atom is -0.463 e. The molecule has 14 heavy (non-hydrogen) atoms. The second-order valence-corrected chi connectivity index (χ2v) is 4.46. The first kappa shape index (κ1) is 9.28. The molecule has 0 bridgehead atoms. The molecule has 0 spiro atoms. The van der Waals surface area contributed by atoms with Gasteiger partial charge in [-0.15, -0.1) is 0 Å². The number of carbonyl (C=O) groups is 1. The average Bonchev–Trinajstić information content (AvgIpc) is 2.17. The Labute approximate surface area is 81.7 Å². The lowest BCUT2D eigenvalue weighted by molar-refractivity contribution is -0.156. The summed E-state index contributed by atoms with van der Waals surface area (Å²) in [5.41, 5.74) is -0.555. The van der Waals surface area contributed by atoms with Gasteiger partial charge in [-0.2, -0.15) is 0 Å². The van der Waals surface area contributed by atoms with Gasteiger partial charge in [0.1, 0.15) is 12.4 Å². The summed E-state index contributed by atoms with van der Waals surface area (Å²) in [6.45, 7) is 0.212. The molecule has 0 saturated carbocycles. The highest BCUT2D eigenvalue weighted by Crippen LogP contribution is 2.36. The second-order valence-electron chi connectivity index (χ2n) is 2.92. The van der Waals surface area contributed by atoms with Gasteiger partial charge in [0.05, 0.1) is 0 Å². The van der Waals surface area contributed by atoms with Crippen LogP contribution in [0.15, 0.2) is 30.3 Å². The number of benzene rings is 1. The van der Waals surface area contributed by atoms with Crippen molar-refractivity contribution < 1.29 is 18.6 Å². The highest BCUT2D eigenvalue weighted by atomic mass is 31.1. The molecule has 1 aromatic carbocycles. The standard InChI is InChI=1S/C9H9O4P/c10-9-8(6-12-9)14(11)13-7-4-2-1-3-5-7/h1-5,8,14H,6H2. The van der Waals surface area contributed by atoms with Crippen molar-refractivity contribution >= 4 is 14.0 Å². The highest BCUT2D eigenvalue weighted by Gasteiger charge is 2.37. The van der Waals surface area contributed by atoms with E-state index in [9.17, 15) is 9.36 Å². The summed E-state index contributed by atoms with van der Waals surface area (Å²) in [5.74, 6) is 0.0981. The fraction of sp³-hybridized carbons (Fsp3) is 0.222. The quantitative estimate of drug-likeness (QED) is 0.562. The molecule has 1 saturated heterocycles. The smallest absolute Gasteiger partial charge is 0.323 e. The summed E-state index contributed by atoms with van der Waals surface area (Å²) < 4.78 is 21.1. The van der Waals surface area contributed by atoms with Gasteiger partial charge in [0.15, 0.2) is 5.66 Å². The zero-order valence-corrected chi connectivity index (χ0v) is 8.30. The van der Waals surface area contributed by atoms with Crippen molar-refractivity contribution in [3.05, 3.63) is 30.3 Å². The van der Waals surface area contributed by atoms with Gasteiger partial charge in [0, 0.05) is 0 Å². The lowest BCUT2D eigenvalue weighted by Crippen LogP contribution is -2.37. The first-order chi connectivity index (χ1) is 6.77. The number of para-hydroxylation sites is 1. The van der Waals surface area contributed by atoms with E-state index in [0.29, 0.717) is 5.75 Å². The third kappa shape index (κ3) is 1.80. The van der Waals surface area contributed by atoms with Crippen LogP contribution in [0, 0.1) is 0 Å². The van der Waals surface area contributed by atoms with Crippen LogP contribution in [0.1, 0.15) is 0 Å². The minimum atomic E-state index is -2.36. The van der Waals surface area contributed by atoms with Crippen molar-refractivity contribution in [2.24, 2.45) is 0 Å². The number of esters is 1. The molecule has 4 nitrogen and oxygen atoms in total. The van der Waals surface area contributed by atoms with E-state index in [-0.39, 0.29) is 6.61 Å². The molecule has 1 aromatic rings. The van der Waals surface area contributed by atoms with Gasteiger partial charge in [-0.05, 0) is 12.1 Å². The van der Waals surface area contributed by atoms with Crippen LogP contribution in [0.5, 0.6) is 5.75 Å². The zero-order valence-electron chi connectivity index (χ0n) is 7.30. The fourth-order valence-corrected chi connectivity index (χ4v) is 2.08. The van der Waals surface area contributed by atoms with E-state index in [1.807, 2.05) is 6.07 Å². The van der Waals surface area contributed by atoms with Gasteiger partial charge in [0.2, 0.25) is 0 Å². The fourth-order valence-electron chi connectivity index (χ4n) is 1.07. The van der Waals surface area contributed by atoms with Crippen molar-refractivity contribution in [2.75, 3.05) is 6.61 Å². The van der Waals surface area contributed by atoms with Crippen LogP contribution in [-0.2, 0) is 14.1 Å². The van der Waals surface area contributed by atoms with Crippen molar-refractivity contribution in [3.8, 4) is 5.75 Å². The molecule has 0 aliphatic carbocycles. The molecule has 1 heterocycles. The van der Waals surface area contributed by atoms with Gasteiger partial charge >= 0.3 is 5.97 Å². The maximum atomic E-state index is 11.5. The Morgan fingerprint density at radius 1 is 1.36 bits per heavy atom. The lowest BCUT2D eigenvalue weighted by Gasteiger charge is -2.23. The van der Waals surface area contributed by atoms with E-state index in [4.69, 9.17) is 4.52 Å². The topological polar surface area (TPSA) is 52.6 Å². The Balaban J connectivity index is 1.98. The van der Waals surface area contributed by atoms with Gasteiger partial charge in [0.25, 0.3) is 8.03 Å². The van der Waals surface area contributed by atoms with E-state index in [0.717, 1.165) is 0 Å². The second kappa shape index (κ2) is 3.84. The highest BCUT2D eigenvalue weighted by molar-refractivity contribution is 7.42. The molecule has 5 heteroatoms. The third-order valence-electron chi connectivity index (χ3n) is 1.92. The van der Waals surface area contributed by atoms with E-state index in [1.165, 1.54) is 0 Å². The Bertz CT molecular complexity index is 362. The Kier molecular flexibility index (Phi) is 2.55. The molecular weight excluding hydrogens is 203 g/mol. The van der Waals surface area contributed by atoms with Crippen molar-refractivity contribution in [3.63, 3.8) is 0 Å². The molecule has 1 aliphatic rings. The molecule has 0 amide bonds. The average molecular weight is 212 g/mol. The molecular formula is C9H9O4P. The summed E-state index contributed by atoms with van der Waals surface area (Å²) in [5, 5.41) is 0. The molecule has 0 aromatic heterocycles. The Morgan fingerprint density at radius 2 is 2.07 bits per heavy atom. The molecule has 2 rings (SSSR count). The largest absolute Gasteiger partial charge is 0.463 e. The molecule has 2 atom stereocenters. The molecule has 1 aliphatic heterocycles. The minimum absolute atomic E-state index is 0.212. The normalized spacial score (nSPS) is 22.0. The van der Waals surface area contributed by atoms with Crippen LogP contribution < -0.4 is 4.52 Å². The van der Waals surface area contributed by atoms with Crippen molar-refractivity contribution in [2.45, 2.75) is 5.66 Å². The van der Waals surface area contributed by atoms with Crippen LogP contribution in [0.4, 0.5) is 0 Å². The third-order valence-corrected chi connectivity index (χ3v) is 3.33. The maximum absolute atomic E-state index is 11.5. The van der Waals surface area contributed by atoms with Crippen molar-refractivity contribution in [1.82, 2.24) is 0 Å². The maximum Gasteiger partial charge on any atom is 0.323 e. The predicted octanol–water partition coefficient (Wildman–Crippen LogP) is 1.47. The van der Waals surface area contributed by atoms with Gasteiger partial charge < -0.3 is 9.26 Å². The number of ether oxygens (including phenoxy) is 1. The molecule has 2 unspecified atom stereocenters. The van der Waals surface area contributed by atoms with Crippen LogP contribution in [0.2, 0.25) is 0 Å².